The van der Waals surface area contributed by atoms with Crippen molar-refractivity contribution in [2.45, 2.75) is 12.8 Å². The molecule has 0 aliphatic carbocycles. The van der Waals surface area contributed by atoms with Gasteiger partial charge in [-0.15, -0.1) is 12.4 Å². The maximum atomic E-state index is 5.30. The van der Waals surface area contributed by atoms with Gasteiger partial charge in [-0.25, -0.2) is 0 Å². The van der Waals surface area contributed by atoms with Crippen molar-refractivity contribution in [3.05, 3.63) is 30.5 Å². The molecular weight excluding hydrogens is 378 g/mol. The normalized spacial score (nSPS) is 14.1. The number of aromatic nitrogens is 4. The predicted molar refractivity (Wildman–Crippen MR) is 114 cm³/mol. The highest BCUT2D eigenvalue weighted by Gasteiger charge is 2.14. The first-order valence-corrected chi connectivity index (χ1v) is 9.30. The van der Waals surface area contributed by atoms with Crippen molar-refractivity contribution in [2.24, 2.45) is 7.05 Å². The lowest BCUT2D eigenvalue weighted by Crippen LogP contribution is -2.26. The zero-order chi connectivity index (χ0) is 18.6. The standard InChI is InChI=1S/C19H25N7O.ClH/c1-25-18-16(13-21-25)17(22-14-6-5-7-15(12-14)27-2)23-19(24-18)20-8-11-26-9-3-4-10-26;/h5-7,12-13H,3-4,8-11H2,1-2H3,(H2,20,22,23,24);1H. The highest BCUT2D eigenvalue weighted by atomic mass is 35.5. The lowest BCUT2D eigenvalue weighted by atomic mass is 10.3. The summed E-state index contributed by atoms with van der Waals surface area (Å²) in [4.78, 5) is 11.8. The van der Waals surface area contributed by atoms with Gasteiger partial charge in [-0.2, -0.15) is 15.1 Å². The fourth-order valence-electron chi connectivity index (χ4n) is 3.37. The fraction of sp³-hybridized carbons (Fsp3) is 0.421. The summed E-state index contributed by atoms with van der Waals surface area (Å²) in [7, 11) is 3.55. The Kier molecular flexibility index (Phi) is 6.53. The third-order valence-corrected chi connectivity index (χ3v) is 4.83. The van der Waals surface area contributed by atoms with Gasteiger partial charge in [0.2, 0.25) is 5.95 Å². The monoisotopic (exact) mass is 403 g/mol. The molecule has 150 valence electrons. The van der Waals surface area contributed by atoms with E-state index in [1.54, 1.807) is 18.0 Å². The largest absolute Gasteiger partial charge is 0.497 e. The van der Waals surface area contributed by atoms with Crippen LogP contribution in [0.25, 0.3) is 11.0 Å². The van der Waals surface area contributed by atoms with E-state index in [4.69, 9.17) is 4.74 Å². The molecule has 28 heavy (non-hydrogen) atoms. The molecule has 0 unspecified atom stereocenters. The molecule has 4 rings (SSSR count). The summed E-state index contributed by atoms with van der Waals surface area (Å²) in [6, 6.07) is 7.77. The molecule has 1 saturated heterocycles. The number of hydrogen-bond donors (Lipinski definition) is 2. The number of halogens is 1. The zero-order valence-electron chi connectivity index (χ0n) is 16.2. The lowest BCUT2D eigenvalue weighted by molar-refractivity contribution is 0.352. The topological polar surface area (TPSA) is 80.1 Å². The Hall–Kier alpha value is -2.58. The Bertz CT molecular complexity index is 924. The van der Waals surface area contributed by atoms with Crippen LogP contribution in [0.3, 0.4) is 0 Å². The number of fused-ring (bicyclic) bond motifs is 1. The number of nitrogens with zero attached hydrogens (tertiary/aromatic N) is 5. The average Bonchev–Trinajstić information content (AvgIpc) is 3.33. The molecule has 9 heteroatoms. The molecule has 0 atom stereocenters. The van der Waals surface area contributed by atoms with E-state index in [0.717, 1.165) is 41.4 Å². The Balaban J connectivity index is 0.00000225. The SMILES string of the molecule is COc1cccc(Nc2nc(NCCN3CCCC3)nc3c2cnn3C)c1.Cl. The van der Waals surface area contributed by atoms with Crippen molar-refractivity contribution < 1.29 is 4.74 Å². The third kappa shape index (κ3) is 4.45. The number of methoxy groups -OCH3 is 1. The summed E-state index contributed by atoms with van der Waals surface area (Å²) >= 11 is 0. The molecular formula is C19H26ClN7O. The van der Waals surface area contributed by atoms with Gasteiger partial charge in [0.1, 0.15) is 11.6 Å². The molecule has 0 amide bonds. The van der Waals surface area contributed by atoms with Crippen molar-refractivity contribution in [1.82, 2.24) is 24.6 Å². The molecule has 1 fully saturated rings. The molecule has 2 aromatic heterocycles. The van der Waals surface area contributed by atoms with Gasteiger partial charge in [-0.3, -0.25) is 4.68 Å². The first-order chi connectivity index (χ1) is 13.2. The Morgan fingerprint density at radius 2 is 2.00 bits per heavy atom. The Morgan fingerprint density at radius 1 is 1.18 bits per heavy atom. The van der Waals surface area contributed by atoms with E-state index < -0.39 is 0 Å². The zero-order valence-corrected chi connectivity index (χ0v) is 17.0. The van der Waals surface area contributed by atoms with Gasteiger partial charge in [0.05, 0.1) is 18.7 Å². The van der Waals surface area contributed by atoms with E-state index in [0.29, 0.717) is 5.95 Å². The molecule has 0 radical (unpaired) electrons. The van der Waals surface area contributed by atoms with E-state index in [9.17, 15) is 0 Å². The van der Waals surface area contributed by atoms with Crippen LogP contribution in [-0.4, -0.2) is 57.9 Å². The number of likely N-dealkylation sites (tertiary alicyclic amines) is 1. The maximum Gasteiger partial charge on any atom is 0.226 e. The number of ether oxygens (including phenoxy) is 1. The van der Waals surface area contributed by atoms with Gasteiger partial charge in [-0.05, 0) is 38.1 Å². The maximum absolute atomic E-state index is 5.30. The number of hydrogen-bond acceptors (Lipinski definition) is 7. The van der Waals surface area contributed by atoms with Crippen LogP contribution in [0.2, 0.25) is 0 Å². The van der Waals surface area contributed by atoms with Gasteiger partial charge in [0.15, 0.2) is 5.65 Å². The molecule has 0 saturated carbocycles. The van der Waals surface area contributed by atoms with E-state index in [-0.39, 0.29) is 12.4 Å². The molecule has 8 nitrogen and oxygen atoms in total. The van der Waals surface area contributed by atoms with Crippen LogP contribution in [0.5, 0.6) is 5.75 Å². The van der Waals surface area contributed by atoms with E-state index in [1.165, 1.54) is 25.9 Å². The summed E-state index contributed by atoms with van der Waals surface area (Å²) in [5, 5.41) is 11.9. The summed E-state index contributed by atoms with van der Waals surface area (Å²) in [6.07, 6.45) is 4.38. The van der Waals surface area contributed by atoms with Gasteiger partial charge < -0.3 is 20.3 Å². The third-order valence-electron chi connectivity index (χ3n) is 4.83. The Morgan fingerprint density at radius 3 is 2.79 bits per heavy atom. The molecule has 1 aliphatic heterocycles. The van der Waals surface area contributed by atoms with Crippen molar-refractivity contribution >= 4 is 40.9 Å². The number of anilines is 3. The number of aryl methyl sites for hydroxylation is 1. The summed E-state index contributed by atoms with van der Waals surface area (Å²) in [5.74, 6) is 2.13. The van der Waals surface area contributed by atoms with Gasteiger partial charge >= 0.3 is 0 Å². The number of benzene rings is 1. The van der Waals surface area contributed by atoms with Crippen molar-refractivity contribution in [1.29, 1.82) is 0 Å². The fourth-order valence-corrected chi connectivity index (χ4v) is 3.37. The van der Waals surface area contributed by atoms with E-state index in [2.05, 4.69) is 30.6 Å². The molecule has 0 bridgehead atoms. The molecule has 2 N–H and O–H groups in total. The van der Waals surface area contributed by atoms with Crippen LogP contribution in [-0.2, 0) is 7.05 Å². The molecule has 0 spiro atoms. The second-order valence-corrected chi connectivity index (χ2v) is 6.73. The van der Waals surface area contributed by atoms with Crippen molar-refractivity contribution in [2.75, 3.05) is 43.9 Å². The minimum absolute atomic E-state index is 0. The van der Waals surface area contributed by atoms with Gasteiger partial charge in [-0.1, -0.05) is 6.07 Å². The van der Waals surface area contributed by atoms with Crippen LogP contribution in [0.15, 0.2) is 30.5 Å². The smallest absolute Gasteiger partial charge is 0.226 e. The highest BCUT2D eigenvalue weighted by molar-refractivity contribution is 5.89. The number of nitrogens with one attached hydrogen (secondary N) is 2. The minimum Gasteiger partial charge on any atom is -0.497 e. The van der Waals surface area contributed by atoms with Gasteiger partial charge in [0, 0.05) is 31.9 Å². The quantitative estimate of drug-likeness (QED) is 0.627. The molecule has 1 aliphatic rings. The highest BCUT2D eigenvalue weighted by Crippen LogP contribution is 2.26. The average molecular weight is 404 g/mol. The van der Waals surface area contributed by atoms with Gasteiger partial charge in [0.25, 0.3) is 0 Å². The second-order valence-electron chi connectivity index (χ2n) is 6.73. The van der Waals surface area contributed by atoms with Crippen LogP contribution < -0.4 is 15.4 Å². The first-order valence-electron chi connectivity index (χ1n) is 9.30. The van der Waals surface area contributed by atoms with Crippen LogP contribution in [0.1, 0.15) is 12.8 Å². The minimum atomic E-state index is 0. The van der Waals surface area contributed by atoms with E-state index in [1.807, 2.05) is 31.3 Å². The summed E-state index contributed by atoms with van der Waals surface area (Å²) < 4.78 is 7.07. The molecule has 3 aromatic rings. The van der Waals surface area contributed by atoms with Crippen molar-refractivity contribution in [3.8, 4) is 5.75 Å². The Labute approximate surface area is 170 Å². The van der Waals surface area contributed by atoms with Crippen LogP contribution >= 0.6 is 12.4 Å². The second kappa shape index (κ2) is 9.07. The summed E-state index contributed by atoms with van der Waals surface area (Å²) in [5.41, 5.74) is 1.69. The molecule has 3 heterocycles. The first kappa shape index (κ1) is 20.2. The van der Waals surface area contributed by atoms with Crippen LogP contribution in [0.4, 0.5) is 17.5 Å². The predicted octanol–water partition coefficient (Wildman–Crippen LogP) is 3.05. The summed E-state index contributed by atoms with van der Waals surface area (Å²) in [6.45, 7) is 4.20. The lowest BCUT2D eigenvalue weighted by Gasteiger charge is -2.15. The molecule has 1 aromatic carbocycles. The number of rotatable bonds is 7. The van der Waals surface area contributed by atoms with E-state index >= 15 is 0 Å². The van der Waals surface area contributed by atoms with Crippen molar-refractivity contribution in [3.63, 3.8) is 0 Å². The van der Waals surface area contributed by atoms with Crippen LogP contribution in [0, 0.1) is 0 Å².